The van der Waals surface area contributed by atoms with Gasteiger partial charge in [0.2, 0.25) is 0 Å². The summed E-state index contributed by atoms with van der Waals surface area (Å²) in [6, 6.07) is 3.82. The van der Waals surface area contributed by atoms with E-state index in [1.165, 1.54) is 0 Å². The van der Waals surface area contributed by atoms with Crippen LogP contribution < -0.4 is 0 Å². The molecule has 2 aromatic rings. The summed E-state index contributed by atoms with van der Waals surface area (Å²) in [6.45, 7) is 3.62. The lowest BCUT2D eigenvalue weighted by molar-refractivity contribution is -0.138. The van der Waals surface area contributed by atoms with E-state index >= 15 is 0 Å². The van der Waals surface area contributed by atoms with Crippen molar-refractivity contribution in [3.8, 4) is 0 Å². The number of rotatable bonds is 2. The first-order chi connectivity index (χ1) is 7.11. The number of aryl methyl sites for hydroxylation is 1. The number of carboxylic acid groups (broad SMARTS) is 1. The van der Waals surface area contributed by atoms with Crippen LogP contribution in [-0.4, -0.2) is 16.1 Å². The van der Waals surface area contributed by atoms with Crippen molar-refractivity contribution >= 4 is 27.5 Å². The second-order valence-electron chi connectivity index (χ2n) is 3.54. The molecule has 1 aromatic heterocycles. The molecule has 0 aliphatic heterocycles. The number of fused-ring (bicyclic) bond motifs is 1. The van der Waals surface area contributed by atoms with Crippen molar-refractivity contribution in [3.63, 3.8) is 0 Å². The van der Waals surface area contributed by atoms with Gasteiger partial charge in [-0.3, -0.25) is 4.79 Å². The van der Waals surface area contributed by atoms with E-state index < -0.39 is 11.9 Å². The Morgan fingerprint density at radius 1 is 1.53 bits per heavy atom. The fourth-order valence-corrected chi connectivity index (χ4v) is 2.42. The van der Waals surface area contributed by atoms with Crippen LogP contribution in [0.3, 0.4) is 0 Å². The molecular weight excluding hydrogens is 210 g/mol. The van der Waals surface area contributed by atoms with E-state index in [4.69, 9.17) is 5.11 Å². The van der Waals surface area contributed by atoms with Crippen LogP contribution in [0.1, 0.15) is 24.0 Å². The number of aliphatic carboxylic acids is 1. The van der Waals surface area contributed by atoms with E-state index in [9.17, 15) is 4.79 Å². The van der Waals surface area contributed by atoms with E-state index in [1.807, 2.05) is 19.1 Å². The monoisotopic (exact) mass is 221 g/mol. The maximum atomic E-state index is 10.9. The van der Waals surface area contributed by atoms with Gasteiger partial charge >= 0.3 is 5.97 Å². The van der Waals surface area contributed by atoms with Crippen LogP contribution >= 0.6 is 11.3 Å². The van der Waals surface area contributed by atoms with Crippen molar-refractivity contribution in [2.75, 3.05) is 0 Å². The van der Waals surface area contributed by atoms with E-state index in [-0.39, 0.29) is 0 Å². The molecule has 1 unspecified atom stereocenters. The van der Waals surface area contributed by atoms with Crippen LogP contribution in [0, 0.1) is 6.92 Å². The molecule has 78 valence electrons. The van der Waals surface area contributed by atoms with Crippen LogP contribution in [-0.2, 0) is 4.79 Å². The van der Waals surface area contributed by atoms with Gasteiger partial charge in [-0.1, -0.05) is 6.07 Å². The summed E-state index contributed by atoms with van der Waals surface area (Å²) in [6.07, 6.45) is 0. The van der Waals surface area contributed by atoms with Gasteiger partial charge in [0, 0.05) is 0 Å². The zero-order chi connectivity index (χ0) is 11.0. The van der Waals surface area contributed by atoms with Crippen LogP contribution in [0.2, 0.25) is 0 Å². The van der Waals surface area contributed by atoms with Crippen LogP contribution in [0.15, 0.2) is 17.6 Å². The van der Waals surface area contributed by atoms with Gasteiger partial charge < -0.3 is 5.11 Å². The molecule has 1 aromatic carbocycles. The lowest BCUT2D eigenvalue weighted by atomic mass is 9.96. The van der Waals surface area contributed by atoms with Crippen molar-refractivity contribution in [3.05, 3.63) is 28.8 Å². The fourth-order valence-electron chi connectivity index (χ4n) is 1.68. The lowest BCUT2D eigenvalue weighted by Crippen LogP contribution is -2.08. The van der Waals surface area contributed by atoms with Crippen molar-refractivity contribution in [2.45, 2.75) is 19.8 Å². The molecule has 3 nitrogen and oxygen atoms in total. The molecule has 1 heterocycles. The van der Waals surface area contributed by atoms with Crippen LogP contribution in [0.5, 0.6) is 0 Å². The Morgan fingerprint density at radius 2 is 2.27 bits per heavy atom. The first-order valence-corrected chi connectivity index (χ1v) is 5.54. The SMILES string of the molecule is Cc1c(C(C)C(=O)O)ccc2scnc12. The minimum atomic E-state index is -0.798. The van der Waals surface area contributed by atoms with Crippen molar-refractivity contribution in [1.82, 2.24) is 4.98 Å². The van der Waals surface area contributed by atoms with Crippen molar-refractivity contribution in [1.29, 1.82) is 0 Å². The summed E-state index contributed by atoms with van der Waals surface area (Å²) >= 11 is 1.57. The number of thiazole rings is 1. The second kappa shape index (κ2) is 3.62. The van der Waals surface area contributed by atoms with E-state index in [2.05, 4.69) is 4.98 Å². The normalized spacial score (nSPS) is 12.9. The van der Waals surface area contributed by atoms with Gasteiger partial charge in [-0.05, 0) is 31.0 Å². The molecule has 0 saturated carbocycles. The Bertz CT molecular complexity index is 518. The highest BCUT2D eigenvalue weighted by molar-refractivity contribution is 7.16. The maximum absolute atomic E-state index is 10.9. The van der Waals surface area contributed by atoms with E-state index in [1.54, 1.807) is 23.8 Å². The molecule has 15 heavy (non-hydrogen) atoms. The molecule has 0 aliphatic rings. The number of carbonyl (C=O) groups is 1. The summed E-state index contributed by atoms with van der Waals surface area (Å²) in [4.78, 5) is 15.2. The Labute approximate surface area is 91.4 Å². The van der Waals surface area contributed by atoms with Gasteiger partial charge in [0.1, 0.15) is 0 Å². The summed E-state index contributed by atoms with van der Waals surface area (Å²) in [7, 11) is 0. The molecule has 1 N–H and O–H groups in total. The molecular formula is C11H11NO2S. The van der Waals surface area contributed by atoms with Crippen LogP contribution in [0.4, 0.5) is 0 Å². The minimum absolute atomic E-state index is 0.476. The highest BCUT2D eigenvalue weighted by atomic mass is 32.1. The Balaban J connectivity index is 2.62. The zero-order valence-electron chi connectivity index (χ0n) is 8.52. The van der Waals surface area contributed by atoms with E-state index in [0.29, 0.717) is 0 Å². The molecule has 1 atom stereocenters. The summed E-state index contributed by atoms with van der Waals surface area (Å²) in [5, 5.41) is 8.96. The Kier molecular flexibility index (Phi) is 2.44. The first kappa shape index (κ1) is 10.1. The average Bonchev–Trinajstić information content (AvgIpc) is 2.66. The highest BCUT2D eigenvalue weighted by Gasteiger charge is 2.17. The second-order valence-corrected chi connectivity index (χ2v) is 4.43. The number of nitrogens with zero attached hydrogens (tertiary/aromatic N) is 1. The predicted octanol–water partition coefficient (Wildman–Crippen LogP) is 2.79. The third kappa shape index (κ3) is 1.61. The Hall–Kier alpha value is -1.42. The van der Waals surface area contributed by atoms with Crippen molar-refractivity contribution < 1.29 is 9.90 Å². The third-order valence-electron chi connectivity index (χ3n) is 2.63. The smallest absolute Gasteiger partial charge is 0.310 e. The lowest BCUT2D eigenvalue weighted by Gasteiger charge is -2.10. The number of hydrogen-bond donors (Lipinski definition) is 1. The molecule has 0 spiro atoms. The van der Waals surface area contributed by atoms with Crippen molar-refractivity contribution in [2.24, 2.45) is 0 Å². The van der Waals surface area contributed by atoms with Gasteiger partial charge in [0.05, 0.1) is 21.6 Å². The molecule has 0 radical (unpaired) electrons. The molecule has 0 saturated heterocycles. The van der Waals surface area contributed by atoms with Crippen LogP contribution in [0.25, 0.3) is 10.2 Å². The molecule has 0 aliphatic carbocycles. The van der Waals surface area contributed by atoms with Gasteiger partial charge in [0.25, 0.3) is 0 Å². The minimum Gasteiger partial charge on any atom is -0.481 e. The first-order valence-electron chi connectivity index (χ1n) is 4.66. The standard InChI is InChI=1S/C11H11NO2S/c1-6-8(7(2)11(13)14)3-4-9-10(6)12-5-15-9/h3-5,7H,1-2H3,(H,13,14). The van der Waals surface area contributed by atoms with E-state index in [0.717, 1.165) is 21.3 Å². The zero-order valence-corrected chi connectivity index (χ0v) is 9.34. The van der Waals surface area contributed by atoms with Gasteiger partial charge in [-0.25, -0.2) is 4.98 Å². The topological polar surface area (TPSA) is 50.2 Å². The predicted molar refractivity (Wildman–Crippen MR) is 60.4 cm³/mol. The number of benzene rings is 1. The number of carboxylic acids is 1. The highest BCUT2D eigenvalue weighted by Crippen LogP contribution is 2.28. The van der Waals surface area contributed by atoms with Gasteiger partial charge in [0.15, 0.2) is 0 Å². The number of hydrogen-bond acceptors (Lipinski definition) is 3. The maximum Gasteiger partial charge on any atom is 0.310 e. The fraction of sp³-hybridized carbons (Fsp3) is 0.273. The van der Waals surface area contributed by atoms with Gasteiger partial charge in [-0.15, -0.1) is 11.3 Å². The quantitative estimate of drug-likeness (QED) is 0.848. The summed E-state index contributed by atoms with van der Waals surface area (Å²) < 4.78 is 1.11. The molecule has 0 amide bonds. The third-order valence-corrected chi connectivity index (χ3v) is 3.43. The Morgan fingerprint density at radius 3 is 2.93 bits per heavy atom. The molecule has 4 heteroatoms. The molecule has 0 bridgehead atoms. The van der Waals surface area contributed by atoms with Gasteiger partial charge in [-0.2, -0.15) is 0 Å². The largest absolute Gasteiger partial charge is 0.481 e. The molecule has 2 rings (SSSR count). The molecule has 0 fully saturated rings. The average molecular weight is 221 g/mol. The number of aromatic nitrogens is 1. The summed E-state index contributed by atoms with van der Waals surface area (Å²) in [5.41, 5.74) is 4.53. The summed E-state index contributed by atoms with van der Waals surface area (Å²) in [5.74, 6) is -1.27.